The van der Waals surface area contributed by atoms with Crippen LogP contribution in [0.4, 0.5) is 9.59 Å². The molecule has 0 saturated carbocycles. The Morgan fingerprint density at radius 3 is 2.21 bits per heavy atom. The van der Waals surface area contributed by atoms with Gasteiger partial charge in [0.05, 0.1) is 6.54 Å². The molecule has 0 aromatic heterocycles. The number of rotatable bonds is 8. The lowest BCUT2D eigenvalue weighted by molar-refractivity contribution is -0.118. The number of ether oxygens (including phenoxy) is 2. The van der Waals surface area contributed by atoms with E-state index in [1.54, 1.807) is 4.90 Å². The normalized spacial score (nSPS) is 21.0. The Morgan fingerprint density at radius 1 is 1.12 bits per heavy atom. The van der Waals surface area contributed by atoms with Crippen LogP contribution in [0.15, 0.2) is 12.3 Å². The Kier molecular flexibility index (Phi) is 9.98. The number of likely N-dealkylation sites (tertiary alicyclic amines) is 1. The van der Waals surface area contributed by atoms with E-state index in [0.29, 0.717) is 19.4 Å². The highest BCUT2D eigenvalue weighted by atomic mass is 28.3. The number of carbonyl (C=O) groups excluding carboxylic acids is 3. The Labute approximate surface area is 200 Å². The van der Waals surface area contributed by atoms with E-state index in [4.69, 9.17) is 13.9 Å². The predicted molar refractivity (Wildman–Crippen MR) is 130 cm³/mol. The molecule has 3 amide bonds. The van der Waals surface area contributed by atoms with Crippen LogP contribution < -0.4 is 10.6 Å². The first-order chi connectivity index (χ1) is 14.9. The maximum Gasteiger partial charge on any atom is 0.412 e. The van der Waals surface area contributed by atoms with Gasteiger partial charge in [-0.15, -0.1) is 0 Å². The van der Waals surface area contributed by atoms with Crippen LogP contribution in [-0.2, 0) is 18.7 Å². The van der Waals surface area contributed by atoms with Gasteiger partial charge in [0, 0.05) is 26.4 Å². The van der Waals surface area contributed by atoms with Gasteiger partial charge in [0.2, 0.25) is 5.91 Å². The number of hydrogen-bond acceptors (Lipinski definition) is 6. The maximum absolute atomic E-state index is 13.2. The molecule has 2 atom stereocenters. The largest absolute Gasteiger partial charge is 0.444 e. The molecule has 0 aromatic carbocycles. The summed E-state index contributed by atoms with van der Waals surface area (Å²) in [5.74, 6) is 0.100. The van der Waals surface area contributed by atoms with Gasteiger partial charge in [-0.2, -0.15) is 0 Å². The quantitative estimate of drug-likeness (QED) is 0.401. The van der Waals surface area contributed by atoms with Crippen molar-refractivity contribution >= 4 is 27.1 Å². The van der Waals surface area contributed by atoms with E-state index in [1.165, 1.54) is 6.92 Å². The minimum Gasteiger partial charge on any atom is -0.444 e. The van der Waals surface area contributed by atoms with Gasteiger partial charge in [-0.25, -0.2) is 9.59 Å². The van der Waals surface area contributed by atoms with Crippen molar-refractivity contribution in [2.24, 2.45) is 11.3 Å². The van der Waals surface area contributed by atoms with Gasteiger partial charge < -0.3 is 24.5 Å². The zero-order valence-electron chi connectivity index (χ0n) is 21.8. The van der Waals surface area contributed by atoms with Crippen molar-refractivity contribution in [1.29, 1.82) is 0 Å². The van der Waals surface area contributed by atoms with Crippen molar-refractivity contribution < 1.29 is 28.3 Å². The third kappa shape index (κ3) is 9.75. The summed E-state index contributed by atoms with van der Waals surface area (Å²) < 4.78 is 17.3. The molecule has 0 unspecified atom stereocenters. The van der Waals surface area contributed by atoms with E-state index >= 15 is 0 Å². The van der Waals surface area contributed by atoms with Crippen LogP contribution >= 0.6 is 0 Å². The summed E-state index contributed by atoms with van der Waals surface area (Å²) in [5.41, 5.74) is -1.52. The number of nitrogens with one attached hydrogen (secondary N) is 2. The fourth-order valence-corrected chi connectivity index (χ4v) is 4.94. The fourth-order valence-electron chi connectivity index (χ4n) is 3.72. The minimum absolute atomic E-state index is 0.0300. The van der Waals surface area contributed by atoms with Crippen molar-refractivity contribution in [3.05, 3.63) is 12.3 Å². The Balaban J connectivity index is 2.98. The number of hydrogen-bond donors (Lipinski definition) is 2. The van der Waals surface area contributed by atoms with E-state index in [0.717, 1.165) is 0 Å². The Hall–Kier alpha value is -2.07. The van der Waals surface area contributed by atoms with Crippen LogP contribution in [0.25, 0.3) is 0 Å². The first kappa shape index (κ1) is 29.0. The molecule has 1 aliphatic rings. The molecule has 1 fully saturated rings. The molecule has 33 heavy (non-hydrogen) atoms. The third-order valence-electron chi connectivity index (χ3n) is 5.31. The predicted octanol–water partition coefficient (Wildman–Crippen LogP) is 3.75. The van der Waals surface area contributed by atoms with Gasteiger partial charge in [-0.05, 0) is 51.6 Å². The fraction of sp³-hybridized carbons (Fsp3) is 0.783. The summed E-state index contributed by atoms with van der Waals surface area (Å²) in [6.07, 6.45) is -0.0175. The molecule has 9 nitrogen and oxygen atoms in total. The van der Waals surface area contributed by atoms with E-state index < -0.39 is 32.6 Å². The van der Waals surface area contributed by atoms with Crippen LogP contribution in [-0.4, -0.2) is 63.0 Å². The summed E-state index contributed by atoms with van der Waals surface area (Å²) in [6.45, 7) is 21.9. The van der Waals surface area contributed by atoms with Gasteiger partial charge >= 0.3 is 12.2 Å². The van der Waals surface area contributed by atoms with Crippen LogP contribution in [0.2, 0.25) is 13.1 Å². The summed E-state index contributed by atoms with van der Waals surface area (Å²) in [6, 6.07) is 0. The number of amides is 3. The zero-order valence-corrected chi connectivity index (χ0v) is 22.9. The molecular formula is C23H43N3O6Si. The molecule has 1 aliphatic heterocycles. The summed E-state index contributed by atoms with van der Waals surface area (Å²) in [4.78, 5) is 38.1. The molecule has 1 rings (SSSR count). The smallest absolute Gasteiger partial charge is 0.412 e. The van der Waals surface area contributed by atoms with Crippen molar-refractivity contribution in [2.75, 3.05) is 19.6 Å². The Morgan fingerprint density at radius 2 is 1.73 bits per heavy atom. The van der Waals surface area contributed by atoms with Crippen LogP contribution in [0.3, 0.4) is 0 Å². The highest BCUT2D eigenvalue weighted by Gasteiger charge is 2.52. The zero-order chi connectivity index (χ0) is 25.6. The van der Waals surface area contributed by atoms with E-state index in [1.807, 2.05) is 20.8 Å². The topological polar surface area (TPSA) is 106 Å². The van der Waals surface area contributed by atoms with Crippen molar-refractivity contribution in [3.8, 4) is 0 Å². The van der Waals surface area contributed by atoms with Crippen molar-refractivity contribution in [1.82, 2.24) is 15.5 Å². The van der Waals surface area contributed by atoms with Crippen molar-refractivity contribution in [2.45, 2.75) is 85.7 Å². The average Bonchev–Trinajstić information content (AvgIpc) is 2.97. The lowest BCUT2D eigenvalue weighted by Gasteiger charge is -2.40. The lowest BCUT2D eigenvalue weighted by atomic mass is 9.78. The molecular weight excluding hydrogens is 442 g/mol. The Bertz CT molecular complexity index is 729. The molecule has 1 heterocycles. The standard InChI is InChI=1S/C23H43N3O6Si/c1-16(14-25-17(2)27)30-19(28)24-12-11-23(32-33(9)10)13-18(21(3,4)5)15-26(23)20(29)31-22(6,7)8/h18,33H,1,11-15H2,2-10H3,(H,24,28)(H,25,27)/t18-,23+/m0/s1. The maximum atomic E-state index is 13.2. The average molecular weight is 486 g/mol. The number of carbonyl (C=O) groups is 3. The SMILES string of the molecule is C=C(CNC(C)=O)OC(=O)NCC[C@@]1(O[SiH](C)C)C[C@H](C(C)(C)C)CN1C(=O)OC(C)(C)C. The number of alkyl carbamates (subject to hydrolysis) is 1. The van der Waals surface area contributed by atoms with E-state index in [-0.39, 0.29) is 36.1 Å². The summed E-state index contributed by atoms with van der Waals surface area (Å²) in [5, 5.41) is 5.23. The van der Waals surface area contributed by atoms with Crippen LogP contribution in [0.5, 0.6) is 0 Å². The first-order valence-electron chi connectivity index (χ1n) is 11.5. The van der Waals surface area contributed by atoms with Gasteiger partial charge in [0.15, 0.2) is 9.04 Å². The van der Waals surface area contributed by atoms with Gasteiger partial charge in [0.25, 0.3) is 0 Å². The lowest BCUT2D eigenvalue weighted by Crippen LogP contribution is -2.54. The van der Waals surface area contributed by atoms with Crippen molar-refractivity contribution in [3.63, 3.8) is 0 Å². The van der Waals surface area contributed by atoms with Gasteiger partial charge in [-0.1, -0.05) is 27.4 Å². The molecule has 10 heteroatoms. The monoisotopic (exact) mass is 485 g/mol. The second-order valence-electron chi connectivity index (χ2n) is 11.0. The molecule has 1 saturated heterocycles. The van der Waals surface area contributed by atoms with E-state index in [9.17, 15) is 14.4 Å². The van der Waals surface area contributed by atoms with Crippen LogP contribution in [0.1, 0.15) is 61.3 Å². The highest BCUT2D eigenvalue weighted by Crippen LogP contribution is 2.45. The minimum atomic E-state index is -1.56. The second-order valence-corrected chi connectivity index (χ2v) is 13.3. The van der Waals surface area contributed by atoms with E-state index in [2.05, 4.69) is 51.1 Å². The van der Waals surface area contributed by atoms with Gasteiger partial charge in [-0.3, -0.25) is 9.69 Å². The first-order valence-corrected chi connectivity index (χ1v) is 14.3. The number of nitrogens with zero attached hydrogens (tertiary/aromatic N) is 1. The molecule has 0 bridgehead atoms. The molecule has 190 valence electrons. The molecule has 2 N–H and O–H groups in total. The second kappa shape index (κ2) is 11.4. The third-order valence-corrected chi connectivity index (χ3v) is 6.22. The molecule has 0 aromatic rings. The molecule has 0 aliphatic carbocycles. The highest BCUT2D eigenvalue weighted by molar-refractivity contribution is 6.48. The van der Waals surface area contributed by atoms with Crippen LogP contribution in [0, 0.1) is 11.3 Å². The molecule has 0 spiro atoms. The van der Waals surface area contributed by atoms with Gasteiger partial charge in [0.1, 0.15) is 17.1 Å². The summed E-state index contributed by atoms with van der Waals surface area (Å²) >= 11 is 0. The summed E-state index contributed by atoms with van der Waals surface area (Å²) in [7, 11) is -1.56. The molecule has 0 radical (unpaired) electrons.